The molecule has 2 unspecified atom stereocenters. The summed E-state index contributed by atoms with van der Waals surface area (Å²) in [5, 5.41) is 10.1. The van der Waals surface area contributed by atoms with Crippen molar-refractivity contribution < 1.29 is 21.2 Å². The van der Waals surface area contributed by atoms with E-state index in [1.165, 1.54) is 30.3 Å². The standard InChI is InChI=1S/C25H25Cl2FN4O4S2/c1-37(33,34)15-14-29-25(31-38(35,36)20-12-8-18(27)9-13-20)23-16-24(21-4-2-3-5-22(21)28)32(30-23)19-10-6-17(26)7-11-19/h2-13,24-25,29,31H,14-16H2,1H3. The van der Waals surface area contributed by atoms with Gasteiger partial charge < -0.3 is 0 Å². The van der Waals surface area contributed by atoms with E-state index in [1.54, 1.807) is 47.5 Å². The van der Waals surface area contributed by atoms with Crippen molar-refractivity contribution >= 4 is 54.5 Å². The minimum absolute atomic E-state index is 0.0318. The molecule has 0 aliphatic carbocycles. The van der Waals surface area contributed by atoms with E-state index >= 15 is 0 Å². The molecule has 2 N–H and O–H groups in total. The number of benzene rings is 3. The van der Waals surface area contributed by atoms with Gasteiger partial charge in [-0.2, -0.15) is 9.82 Å². The SMILES string of the molecule is CS(=O)(=O)CCNC(NS(=O)(=O)c1ccc(Cl)cc1)C1=NN(c2ccc(Cl)cc2)C(c2ccccc2F)C1. The van der Waals surface area contributed by atoms with Gasteiger partial charge in [-0.15, -0.1) is 0 Å². The summed E-state index contributed by atoms with van der Waals surface area (Å²) in [7, 11) is -7.40. The van der Waals surface area contributed by atoms with E-state index in [0.29, 0.717) is 27.0 Å². The number of rotatable bonds is 10. The van der Waals surface area contributed by atoms with Crippen LogP contribution >= 0.6 is 23.2 Å². The third kappa shape index (κ3) is 7.10. The number of hydrogen-bond donors (Lipinski definition) is 2. The van der Waals surface area contributed by atoms with Gasteiger partial charge in [-0.25, -0.2) is 21.2 Å². The van der Waals surface area contributed by atoms with Crippen LogP contribution in [-0.4, -0.2) is 47.3 Å². The summed E-state index contributed by atoms with van der Waals surface area (Å²) >= 11 is 12.0. The lowest BCUT2D eigenvalue weighted by Crippen LogP contribution is -2.51. The topological polar surface area (TPSA) is 108 Å². The molecule has 202 valence electrons. The molecule has 0 bridgehead atoms. The Hall–Kier alpha value is -2.54. The van der Waals surface area contributed by atoms with Crippen molar-refractivity contribution in [2.75, 3.05) is 23.6 Å². The summed E-state index contributed by atoms with van der Waals surface area (Å²) in [5.41, 5.74) is 1.34. The number of hydrazone groups is 1. The molecule has 0 spiro atoms. The molecular weight excluding hydrogens is 574 g/mol. The molecule has 3 aromatic rings. The van der Waals surface area contributed by atoms with Gasteiger partial charge in [-0.1, -0.05) is 41.4 Å². The molecule has 0 fully saturated rings. The lowest BCUT2D eigenvalue weighted by atomic mass is 10.00. The zero-order chi connectivity index (χ0) is 27.5. The zero-order valence-corrected chi connectivity index (χ0v) is 23.3. The Balaban J connectivity index is 1.71. The van der Waals surface area contributed by atoms with Crippen LogP contribution in [0.1, 0.15) is 18.0 Å². The summed E-state index contributed by atoms with van der Waals surface area (Å²) in [6.45, 7) is -0.0447. The molecule has 8 nitrogen and oxygen atoms in total. The van der Waals surface area contributed by atoms with E-state index < -0.39 is 37.9 Å². The van der Waals surface area contributed by atoms with Gasteiger partial charge >= 0.3 is 0 Å². The van der Waals surface area contributed by atoms with Crippen LogP contribution < -0.4 is 15.0 Å². The minimum atomic E-state index is -4.07. The quantitative estimate of drug-likeness (QED) is 0.335. The fourth-order valence-corrected chi connectivity index (χ4v) is 5.88. The Bertz CT molecular complexity index is 1530. The van der Waals surface area contributed by atoms with E-state index in [-0.39, 0.29) is 23.6 Å². The molecule has 1 heterocycles. The highest BCUT2D eigenvalue weighted by Gasteiger charge is 2.36. The number of sulfone groups is 1. The Labute approximate surface area is 231 Å². The van der Waals surface area contributed by atoms with Gasteiger partial charge in [-0.05, 0) is 54.6 Å². The maximum Gasteiger partial charge on any atom is 0.242 e. The van der Waals surface area contributed by atoms with Gasteiger partial charge in [0, 0.05) is 34.8 Å². The van der Waals surface area contributed by atoms with Gasteiger partial charge in [0.15, 0.2) is 0 Å². The van der Waals surface area contributed by atoms with E-state index in [0.717, 1.165) is 6.26 Å². The first-order valence-corrected chi connectivity index (χ1v) is 15.8. The predicted molar refractivity (Wildman–Crippen MR) is 148 cm³/mol. The lowest BCUT2D eigenvalue weighted by molar-refractivity contribution is 0.546. The largest absolute Gasteiger partial charge is 0.295 e. The molecule has 3 aromatic carbocycles. The van der Waals surface area contributed by atoms with Gasteiger partial charge in [-0.3, -0.25) is 10.3 Å². The third-order valence-electron chi connectivity index (χ3n) is 5.84. The van der Waals surface area contributed by atoms with Crippen molar-refractivity contribution in [3.8, 4) is 0 Å². The highest BCUT2D eigenvalue weighted by molar-refractivity contribution is 7.90. The van der Waals surface area contributed by atoms with Crippen LogP contribution in [0.25, 0.3) is 0 Å². The zero-order valence-electron chi connectivity index (χ0n) is 20.2. The number of sulfonamides is 1. The Morgan fingerprint density at radius 2 is 1.58 bits per heavy atom. The van der Waals surface area contributed by atoms with E-state index in [2.05, 4.69) is 15.1 Å². The monoisotopic (exact) mass is 598 g/mol. The molecular formula is C25H25Cl2FN4O4S2. The molecule has 38 heavy (non-hydrogen) atoms. The summed E-state index contributed by atoms with van der Waals surface area (Å²) in [4.78, 5) is -0.0318. The minimum Gasteiger partial charge on any atom is -0.295 e. The second-order valence-corrected chi connectivity index (χ2v) is 13.6. The average Bonchev–Trinajstić information content (AvgIpc) is 3.29. The summed E-state index contributed by atoms with van der Waals surface area (Å²) in [5.74, 6) is -0.659. The molecule has 0 saturated heterocycles. The molecule has 2 atom stereocenters. The second kappa shape index (κ2) is 11.7. The van der Waals surface area contributed by atoms with Gasteiger partial charge in [0.2, 0.25) is 10.0 Å². The van der Waals surface area contributed by atoms with Crippen LogP contribution in [-0.2, 0) is 19.9 Å². The fourth-order valence-electron chi connectivity index (χ4n) is 3.98. The van der Waals surface area contributed by atoms with Crippen molar-refractivity contribution in [3.05, 3.63) is 94.2 Å². The number of hydrogen-bond acceptors (Lipinski definition) is 7. The molecule has 4 rings (SSSR count). The van der Waals surface area contributed by atoms with Crippen LogP contribution in [0.4, 0.5) is 10.1 Å². The smallest absolute Gasteiger partial charge is 0.242 e. The first-order valence-electron chi connectivity index (χ1n) is 11.5. The van der Waals surface area contributed by atoms with E-state index in [4.69, 9.17) is 23.2 Å². The molecule has 0 radical (unpaired) electrons. The van der Waals surface area contributed by atoms with Crippen LogP contribution in [0.3, 0.4) is 0 Å². The molecule has 0 saturated carbocycles. The fraction of sp³-hybridized carbons (Fsp3) is 0.240. The average molecular weight is 600 g/mol. The number of halogens is 3. The van der Waals surface area contributed by atoms with E-state index in [1.807, 2.05) is 0 Å². The van der Waals surface area contributed by atoms with Crippen LogP contribution in [0, 0.1) is 5.82 Å². The molecule has 0 amide bonds. The number of anilines is 1. The molecule has 0 aromatic heterocycles. The lowest BCUT2D eigenvalue weighted by Gasteiger charge is -2.24. The summed E-state index contributed by atoms with van der Waals surface area (Å²) in [6, 6.07) is 18.1. The van der Waals surface area contributed by atoms with Crippen molar-refractivity contribution in [1.82, 2.24) is 10.0 Å². The predicted octanol–water partition coefficient (Wildman–Crippen LogP) is 4.38. The van der Waals surface area contributed by atoms with Crippen molar-refractivity contribution in [3.63, 3.8) is 0 Å². The normalized spacial score (nSPS) is 16.9. The molecule has 1 aliphatic heterocycles. The Morgan fingerprint density at radius 1 is 0.974 bits per heavy atom. The van der Waals surface area contributed by atoms with Crippen molar-refractivity contribution in [2.45, 2.75) is 23.5 Å². The summed E-state index contributed by atoms with van der Waals surface area (Å²) in [6.07, 6.45) is 0.165. The molecule has 1 aliphatic rings. The molecule has 13 heteroatoms. The maximum atomic E-state index is 14.9. The van der Waals surface area contributed by atoms with Crippen LogP contribution in [0.2, 0.25) is 10.0 Å². The Morgan fingerprint density at radius 3 is 2.18 bits per heavy atom. The van der Waals surface area contributed by atoms with Gasteiger partial charge in [0.25, 0.3) is 0 Å². The summed E-state index contributed by atoms with van der Waals surface area (Å²) < 4.78 is 67.3. The van der Waals surface area contributed by atoms with E-state index in [9.17, 15) is 21.2 Å². The Kier molecular flexibility index (Phi) is 8.75. The first-order chi connectivity index (χ1) is 17.9. The number of nitrogens with zero attached hydrogens (tertiary/aromatic N) is 2. The van der Waals surface area contributed by atoms with Gasteiger partial charge in [0.1, 0.15) is 21.8 Å². The third-order valence-corrected chi connectivity index (χ3v) is 8.73. The number of nitrogens with one attached hydrogen (secondary N) is 2. The second-order valence-electron chi connectivity index (χ2n) is 8.75. The first kappa shape index (κ1) is 28.5. The highest BCUT2D eigenvalue weighted by Crippen LogP contribution is 2.37. The van der Waals surface area contributed by atoms with Gasteiger partial charge in [0.05, 0.1) is 28.1 Å². The van der Waals surface area contributed by atoms with Crippen LogP contribution in [0.15, 0.2) is 82.8 Å². The van der Waals surface area contributed by atoms with Crippen LogP contribution in [0.5, 0.6) is 0 Å². The maximum absolute atomic E-state index is 14.9. The highest BCUT2D eigenvalue weighted by atomic mass is 35.5. The van der Waals surface area contributed by atoms with Crippen molar-refractivity contribution in [1.29, 1.82) is 0 Å². The van der Waals surface area contributed by atoms with Crippen molar-refractivity contribution in [2.24, 2.45) is 5.10 Å².